The number of likely N-dealkylation sites (tertiary alicyclic amines) is 1. The van der Waals surface area contributed by atoms with Crippen molar-refractivity contribution >= 4 is 17.3 Å². The number of rotatable bonds is 3. The number of hydrogen-bond acceptors (Lipinski definition) is 4. The third kappa shape index (κ3) is 2.45. The summed E-state index contributed by atoms with van der Waals surface area (Å²) >= 11 is 6.03. The van der Waals surface area contributed by atoms with Gasteiger partial charge in [0.15, 0.2) is 0 Å². The van der Waals surface area contributed by atoms with Gasteiger partial charge < -0.3 is 0 Å². The van der Waals surface area contributed by atoms with E-state index in [9.17, 15) is 10.1 Å². The fraction of sp³-hybridized carbons (Fsp3) is 0.417. The van der Waals surface area contributed by atoms with Crippen LogP contribution in [0.1, 0.15) is 18.4 Å². The van der Waals surface area contributed by atoms with Crippen LogP contribution in [0.5, 0.6) is 0 Å². The van der Waals surface area contributed by atoms with Gasteiger partial charge in [-0.05, 0) is 25.5 Å². The summed E-state index contributed by atoms with van der Waals surface area (Å²) in [5, 5.41) is 20.3. The van der Waals surface area contributed by atoms with Crippen LogP contribution in [0.3, 0.4) is 0 Å². The highest BCUT2D eigenvalue weighted by molar-refractivity contribution is 6.31. The summed E-state index contributed by atoms with van der Waals surface area (Å²) in [4.78, 5) is 12.5. The van der Waals surface area contributed by atoms with Crippen molar-refractivity contribution in [3.05, 3.63) is 38.9 Å². The summed E-state index contributed by atoms with van der Waals surface area (Å²) in [6, 6.07) is 6.70. The van der Waals surface area contributed by atoms with Gasteiger partial charge in [0.25, 0.3) is 5.69 Å². The maximum Gasteiger partial charge on any atom is 0.275 e. The molecule has 0 aromatic heterocycles. The lowest BCUT2D eigenvalue weighted by atomic mass is 10.1. The topological polar surface area (TPSA) is 70.2 Å². The van der Waals surface area contributed by atoms with Crippen molar-refractivity contribution in [2.45, 2.75) is 25.4 Å². The van der Waals surface area contributed by atoms with Crippen LogP contribution in [0, 0.1) is 21.4 Å². The largest absolute Gasteiger partial charge is 0.283 e. The first-order valence-corrected chi connectivity index (χ1v) is 6.06. The van der Waals surface area contributed by atoms with Gasteiger partial charge in [-0.15, -0.1) is 0 Å². The highest BCUT2D eigenvalue weighted by Gasteiger charge is 2.27. The summed E-state index contributed by atoms with van der Waals surface area (Å²) in [5.74, 6) is 0. The first kappa shape index (κ1) is 12.8. The average molecular weight is 266 g/mol. The lowest BCUT2D eigenvalue weighted by Crippen LogP contribution is -2.27. The molecule has 0 aliphatic carbocycles. The van der Waals surface area contributed by atoms with E-state index >= 15 is 0 Å². The number of nitro benzene ring substituents is 1. The summed E-state index contributed by atoms with van der Waals surface area (Å²) in [7, 11) is 0. The van der Waals surface area contributed by atoms with Crippen molar-refractivity contribution in [1.82, 2.24) is 4.90 Å². The second-order valence-electron chi connectivity index (χ2n) is 4.25. The molecule has 1 saturated heterocycles. The molecule has 1 aliphatic heterocycles. The zero-order chi connectivity index (χ0) is 13.1. The summed E-state index contributed by atoms with van der Waals surface area (Å²) in [6.07, 6.45) is 1.76. The van der Waals surface area contributed by atoms with Crippen molar-refractivity contribution < 1.29 is 4.92 Å². The number of nitro groups is 1. The van der Waals surface area contributed by atoms with E-state index in [4.69, 9.17) is 16.9 Å². The SMILES string of the molecule is N#CC1CCCN1Cc1c(Cl)cccc1[N+](=O)[O-]. The van der Waals surface area contributed by atoms with E-state index in [1.54, 1.807) is 12.1 Å². The van der Waals surface area contributed by atoms with E-state index in [1.807, 2.05) is 4.90 Å². The van der Waals surface area contributed by atoms with E-state index < -0.39 is 4.92 Å². The first-order chi connectivity index (χ1) is 8.63. The molecule has 1 atom stereocenters. The van der Waals surface area contributed by atoms with Crippen molar-refractivity contribution in [3.8, 4) is 6.07 Å². The Hall–Kier alpha value is -1.64. The van der Waals surface area contributed by atoms with Crippen molar-refractivity contribution in [2.24, 2.45) is 0 Å². The molecule has 0 bridgehead atoms. The molecule has 0 saturated carbocycles. The normalized spacial score (nSPS) is 19.7. The number of benzene rings is 1. The Bertz CT molecular complexity index is 513. The monoisotopic (exact) mass is 265 g/mol. The maximum absolute atomic E-state index is 11.0. The van der Waals surface area contributed by atoms with Gasteiger partial charge in [-0.3, -0.25) is 15.0 Å². The third-order valence-electron chi connectivity index (χ3n) is 3.16. The molecule has 18 heavy (non-hydrogen) atoms. The molecule has 1 aliphatic rings. The lowest BCUT2D eigenvalue weighted by Gasteiger charge is -2.19. The minimum Gasteiger partial charge on any atom is -0.283 e. The van der Waals surface area contributed by atoms with Gasteiger partial charge in [0.1, 0.15) is 0 Å². The van der Waals surface area contributed by atoms with Crippen LogP contribution in [0.15, 0.2) is 18.2 Å². The van der Waals surface area contributed by atoms with E-state index in [1.165, 1.54) is 6.07 Å². The number of nitrogens with zero attached hydrogens (tertiary/aromatic N) is 3. The Morgan fingerprint density at radius 3 is 3.06 bits per heavy atom. The molecular weight excluding hydrogens is 254 g/mol. The Labute approximate surface area is 110 Å². The molecule has 6 heteroatoms. The first-order valence-electron chi connectivity index (χ1n) is 5.69. The molecule has 5 nitrogen and oxygen atoms in total. The van der Waals surface area contributed by atoms with Crippen LogP contribution in [-0.4, -0.2) is 22.4 Å². The minimum absolute atomic E-state index is 0.0195. The molecule has 1 heterocycles. The molecule has 1 aromatic rings. The maximum atomic E-state index is 11.0. The average Bonchev–Trinajstić information content (AvgIpc) is 2.78. The Balaban J connectivity index is 2.29. The van der Waals surface area contributed by atoms with Gasteiger partial charge in [0.05, 0.1) is 27.6 Å². The van der Waals surface area contributed by atoms with Gasteiger partial charge in [0.2, 0.25) is 0 Å². The van der Waals surface area contributed by atoms with E-state index in [0.717, 1.165) is 19.4 Å². The molecule has 0 radical (unpaired) electrons. The Kier molecular flexibility index (Phi) is 3.80. The smallest absolute Gasteiger partial charge is 0.275 e. The molecule has 0 spiro atoms. The van der Waals surface area contributed by atoms with E-state index in [0.29, 0.717) is 17.1 Å². The molecular formula is C12H12ClN3O2. The number of hydrogen-bond donors (Lipinski definition) is 0. The van der Waals surface area contributed by atoms with E-state index in [-0.39, 0.29) is 11.7 Å². The molecule has 94 valence electrons. The van der Waals surface area contributed by atoms with Gasteiger partial charge in [-0.25, -0.2) is 0 Å². The molecule has 1 aromatic carbocycles. The standard InChI is InChI=1S/C12H12ClN3O2/c13-11-4-1-5-12(16(17)18)10(11)8-15-6-2-3-9(15)7-14/h1,4-5,9H,2-3,6,8H2. The van der Waals surface area contributed by atoms with Crippen LogP contribution < -0.4 is 0 Å². The predicted molar refractivity (Wildman–Crippen MR) is 67.2 cm³/mol. The molecule has 0 N–H and O–H groups in total. The summed E-state index contributed by atoms with van der Waals surface area (Å²) in [5.41, 5.74) is 0.511. The molecule has 1 fully saturated rings. The zero-order valence-electron chi connectivity index (χ0n) is 9.67. The van der Waals surface area contributed by atoms with Crippen LogP contribution in [0.25, 0.3) is 0 Å². The van der Waals surface area contributed by atoms with Gasteiger partial charge >= 0.3 is 0 Å². The van der Waals surface area contributed by atoms with Crippen LogP contribution in [0.4, 0.5) is 5.69 Å². The zero-order valence-corrected chi connectivity index (χ0v) is 10.4. The molecule has 1 unspecified atom stereocenters. The Morgan fingerprint density at radius 1 is 1.61 bits per heavy atom. The van der Waals surface area contributed by atoms with Gasteiger partial charge in [-0.1, -0.05) is 17.7 Å². The predicted octanol–water partition coefficient (Wildman–Crippen LogP) is 2.74. The van der Waals surface area contributed by atoms with Crippen LogP contribution in [0.2, 0.25) is 5.02 Å². The van der Waals surface area contributed by atoms with Gasteiger partial charge in [-0.2, -0.15) is 5.26 Å². The Morgan fingerprint density at radius 2 is 2.39 bits per heavy atom. The second-order valence-corrected chi connectivity index (χ2v) is 4.66. The lowest BCUT2D eigenvalue weighted by molar-refractivity contribution is -0.385. The number of halogens is 1. The fourth-order valence-corrected chi connectivity index (χ4v) is 2.47. The third-order valence-corrected chi connectivity index (χ3v) is 3.52. The van der Waals surface area contributed by atoms with E-state index in [2.05, 4.69) is 6.07 Å². The van der Waals surface area contributed by atoms with Crippen LogP contribution in [-0.2, 0) is 6.54 Å². The minimum atomic E-state index is -0.432. The van der Waals surface area contributed by atoms with Crippen molar-refractivity contribution in [2.75, 3.05) is 6.54 Å². The summed E-state index contributed by atoms with van der Waals surface area (Å²) in [6.45, 7) is 1.13. The van der Waals surface area contributed by atoms with Crippen LogP contribution >= 0.6 is 11.6 Å². The second kappa shape index (κ2) is 5.34. The quantitative estimate of drug-likeness (QED) is 0.622. The van der Waals surface area contributed by atoms with Crippen molar-refractivity contribution in [3.63, 3.8) is 0 Å². The van der Waals surface area contributed by atoms with Crippen molar-refractivity contribution in [1.29, 1.82) is 5.26 Å². The highest BCUT2D eigenvalue weighted by atomic mass is 35.5. The fourth-order valence-electron chi connectivity index (χ4n) is 2.24. The number of nitriles is 1. The van der Waals surface area contributed by atoms with Gasteiger partial charge in [0, 0.05) is 12.6 Å². The summed E-state index contributed by atoms with van der Waals surface area (Å²) < 4.78 is 0. The molecule has 0 amide bonds. The molecule has 2 rings (SSSR count). The highest BCUT2D eigenvalue weighted by Crippen LogP contribution is 2.30.